The van der Waals surface area contributed by atoms with Crippen LogP contribution in [0, 0.1) is 0 Å². The Morgan fingerprint density at radius 2 is 1.66 bits per heavy atom. The zero-order valence-corrected chi connectivity index (χ0v) is 17.6. The van der Waals surface area contributed by atoms with E-state index in [1.165, 1.54) is 30.7 Å². The molecule has 2 aromatic rings. The molecule has 0 atom stereocenters. The summed E-state index contributed by atoms with van der Waals surface area (Å²) in [6.45, 7) is -0.244. The molecule has 2 aromatic carbocycles. The predicted molar refractivity (Wildman–Crippen MR) is 114 cm³/mol. The van der Waals surface area contributed by atoms with E-state index in [1.54, 1.807) is 0 Å². The molecule has 29 heavy (non-hydrogen) atoms. The van der Waals surface area contributed by atoms with Crippen LogP contribution < -0.4 is 5.43 Å². The van der Waals surface area contributed by atoms with Crippen LogP contribution in [0.1, 0.15) is 37.7 Å². The van der Waals surface area contributed by atoms with Crippen LogP contribution in [-0.2, 0) is 21.4 Å². The SMILES string of the molecule is O=C(CN(Cc1ccccc1)S(=O)(=O)c1ccc(Cl)cc1)NN=C1CCCCC1. The van der Waals surface area contributed by atoms with Crippen LogP contribution in [-0.4, -0.2) is 30.9 Å². The third kappa shape index (κ3) is 6.13. The largest absolute Gasteiger partial charge is 0.272 e. The second-order valence-corrected chi connectivity index (χ2v) is 9.36. The molecule has 154 valence electrons. The highest BCUT2D eigenvalue weighted by Crippen LogP contribution is 2.20. The fraction of sp³-hybridized carbons (Fsp3) is 0.333. The van der Waals surface area contributed by atoms with E-state index in [-0.39, 0.29) is 18.0 Å². The van der Waals surface area contributed by atoms with Gasteiger partial charge in [0.15, 0.2) is 0 Å². The highest BCUT2D eigenvalue weighted by Gasteiger charge is 2.27. The summed E-state index contributed by atoms with van der Waals surface area (Å²) in [4.78, 5) is 12.6. The lowest BCUT2D eigenvalue weighted by atomic mass is 9.99. The summed E-state index contributed by atoms with van der Waals surface area (Å²) in [6.07, 6.45) is 5.06. The van der Waals surface area contributed by atoms with Crippen molar-refractivity contribution < 1.29 is 13.2 Å². The van der Waals surface area contributed by atoms with Gasteiger partial charge in [-0.15, -0.1) is 0 Å². The molecule has 3 rings (SSSR count). The van der Waals surface area contributed by atoms with E-state index >= 15 is 0 Å². The molecule has 1 fully saturated rings. The van der Waals surface area contributed by atoms with E-state index in [2.05, 4.69) is 10.5 Å². The van der Waals surface area contributed by atoms with Crippen molar-refractivity contribution in [2.24, 2.45) is 5.10 Å². The van der Waals surface area contributed by atoms with Gasteiger partial charge >= 0.3 is 0 Å². The van der Waals surface area contributed by atoms with Gasteiger partial charge in [0.25, 0.3) is 5.91 Å². The van der Waals surface area contributed by atoms with E-state index in [9.17, 15) is 13.2 Å². The number of nitrogens with zero attached hydrogens (tertiary/aromatic N) is 2. The lowest BCUT2D eigenvalue weighted by Crippen LogP contribution is -2.39. The number of hydrogen-bond acceptors (Lipinski definition) is 4. The van der Waals surface area contributed by atoms with Crippen molar-refractivity contribution in [3.8, 4) is 0 Å². The van der Waals surface area contributed by atoms with Gasteiger partial charge in [0.1, 0.15) is 0 Å². The van der Waals surface area contributed by atoms with Crippen molar-refractivity contribution in [2.45, 2.75) is 43.5 Å². The van der Waals surface area contributed by atoms with Gasteiger partial charge in [0.2, 0.25) is 10.0 Å². The number of hydrazone groups is 1. The maximum atomic E-state index is 13.2. The van der Waals surface area contributed by atoms with E-state index in [0.29, 0.717) is 5.02 Å². The van der Waals surface area contributed by atoms with Crippen molar-refractivity contribution >= 4 is 33.2 Å². The van der Waals surface area contributed by atoms with Crippen molar-refractivity contribution in [1.82, 2.24) is 9.73 Å². The molecule has 1 saturated carbocycles. The highest BCUT2D eigenvalue weighted by atomic mass is 35.5. The number of rotatable bonds is 7. The maximum absolute atomic E-state index is 13.2. The van der Waals surface area contributed by atoms with Gasteiger partial charge in [-0.05, 0) is 55.5 Å². The minimum Gasteiger partial charge on any atom is -0.272 e. The molecule has 1 N–H and O–H groups in total. The van der Waals surface area contributed by atoms with Gasteiger partial charge in [-0.1, -0.05) is 48.4 Å². The number of benzene rings is 2. The summed E-state index contributed by atoms with van der Waals surface area (Å²) in [6, 6.07) is 15.1. The minimum absolute atomic E-state index is 0.0792. The first-order chi connectivity index (χ1) is 13.9. The highest BCUT2D eigenvalue weighted by molar-refractivity contribution is 7.89. The number of carbonyl (C=O) groups excluding carboxylic acids is 1. The molecule has 1 amide bonds. The zero-order valence-electron chi connectivity index (χ0n) is 16.1. The van der Waals surface area contributed by atoms with Crippen LogP contribution in [0.4, 0.5) is 0 Å². The van der Waals surface area contributed by atoms with Gasteiger partial charge in [0.05, 0.1) is 11.4 Å². The van der Waals surface area contributed by atoms with Crippen LogP contribution in [0.5, 0.6) is 0 Å². The Hall–Kier alpha value is -2.22. The van der Waals surface area contributed by atoms with Crippen molar-refractivity contribution in [1.29, 1.82) is 0 Å². The average molecular weight is 434 g/mol. The second kappa shape index (κ2) is 10.0. The molecule has 8 heteroatoms. The Kier molecular flexibility index (Phi) is 7.41. The second-order valence-electron chi connectivity index (χ2n) is 6.99. The molecule has 0 radical (unpaired) electrons. The van der Waals surface area contributed by atoms with Crippen molar-refractivity contribution in [3.05, 3.63) is 65.2 Å². The Morgan fingerprint density at radius 1 is 1.00 bits per heavy atom. The smallest absolute Gasteiger partial charge is 0.255 e. The normalized spacial score (nSPS) is 14.6. The molecule has 0 aliphatic heterocycles. The Bertz CT molecular complexity index is 952. The quantitative estimate of drug-likeness (QED) is 0.671. The summed E-state index contributed by atoms with van der Waals surface area (Å²) >= 11 is 5.88. The molecule has 0 bridgehead atoms. The predicted octanol–water partition coefficient (Wildman–Crippen LogP) is 3.97. The molecule has 0 heterocycles. The summed E-state index contributed by atoms with van der Waals surface area (Å²) in [7, 11) is -3.89. The maximum Gasteiger partial charge on any atom is 0.255 e. The number of carbonyl (C=O) groups is 1. The third-order valence-electron chi connectivity index (χ3n) is 4.74. The average Bonchev–Trinajstić information content (AvgIpc) is 2.73. The van der Waals surface area contributed by atoms with Gasteiger partial charge < -0.3 is 0 Å². The van der Waals surface area contributed by atoms with Crippen LogP contribution in [0.15, 0.2) is 64.6 Å². The molecule has 0 aromatic heterocycles. The van der Waals surface area contributed by atoms with E-state index < -0.39 is 15.9 Å². The minimum atomic E-state index is -3.89. The molecule has 0 unspecified atom stereocenters. The van der Waals surface area contributed by atoms with Gasteiger partial charge in [0, 0.05) is 17.3 Å². The fourth-order valence-corrected chi connectivity index (χ4v) is 4.69. The Balaban J connectivity index is 1.78. The van der Waals surface area contributed by atoms with E-state index in [1.807, 2.05) is 30.3 Å². The van der Waals surface area contributed by atoms with Crippen LogP contribution in [0.2, 0.25) is 5.02 Å². The first kappa shape index (κ1) is 21.5. The fourth-order valence-electron chi connectivity index (χ4n) is 3.18. The summed E-state index contributed by atoms with van der Waals surface area (Å²) in [5.74, 6) is -0.462. The molecule has 6 nitrogen and oxygen atoms in total. The first-order valence-electron chi connectivity index (χ1n) is 9.59. The Morgan fingerprint density at radius 3 is 2.31 bits per heavy atom. The summed E-state index contributed by atoms with van der Waals surface area (Å²) in [5.41, 5.74) is 4.27. The standard InChI is InChI=1S/C21H24ClN3O3S/c22-18-11-13-20(14-12-18)29(27,28)25(15-17-7-3-1-4-8-17)16-21(26)24-23-19-9-5-2-6-10-19/h1,3-4,7-8,11-14H,2,5-6,9-10,15-16H2,(H,24,26). The molecule has 1 aliphatic rings. The number of halogens is 1. The van der Waals surface area contributed by atoms with Gasteiger partial charge in [-0.2, -0.15) is 9.41 Å². The summed E-state index contributed by atoms with van der Waals surface area (Å²) < 4.78 is 27.5. The number of sulfonamides is 1. The van der Waals surface area contributed by atoms with Crippen LogP contribution in [0.25, 0.3) is 0 Å². The van der Waals surface area contributed by atoms with Crippen LogP contribution in [0.3, 0.4) is 0 Å². The van der Waals surface area contributed by atoms with Gasteiger partial charge in [-0.3, -0.25) is 4.79 Å². The Labute approximate surface area is 176 Å². The molecular formula is C21H24ClN3O3S. The van der Waals surface area contributed by atoms with E-state index in [0.717, 1.165) is 41.3 Å². The monoisotopic (exact) mass is 433 g/mol. The molecular weight excluding hydrogens is 410 g/mol. The van der Waals surface area contributed by atoms with Crippen molar-refractivity contribution in [3.63, 3.8) is 0 Å². The number of amides is 1. The zero-order chi connectivity index (χ0) is 20.7. The lowest BCUT2D eigenvalue weighted by molar-refractivity contribution is -0.121. The van der Waals surface area contributed by atoms with Gasteiger partial charge in [-0.25, -0.2) is 13.8 Å². The first-order valence-corrected chi connectivity index (χ1v) is 11.4. The lowest BCUT2D eigenvalue weighted by Gasteiger charge is -2.22. The topological polar surface area (TPSA) is 78.8 Å². The molecule has 0 spiro atoms. The van der Waals surface area contributed by atoms with Crippen LogP contribution >= 0.6 is 11.6 Å². The van der Waals surface area contributed by atoms with E-state index in [4.69, 9.17) is 11.6 Å². The molecule has 0 saturated heterocycles. The third-order valence-corrected chi connectivity index (χ3v) is 6.80. The number of hydrogen-bond donors (Lipinski definition) is 1. The van der Waals surface area contributed by atoms with Crippen molar-refractivity contribution in [2.75, 3.05) is 6.54 Å². The summed E-state index contributed by atoms with van der Waals surface area (Å²) in [5, 5.41) is 4.63. The molecule has 1 aliphatic carbocycles. The number of nitrogens with one attached hydrogen (secondary N) is 1.